The van der Waals surface area contributed by atoms with Gasteiger partial charge in [0.25, 0.3) is 11.8 Å². The van der Waals surface area contributed by atoms with Crippen LogP contribution in [0.15, 0.2) is 42.6 Å². The van der Waals surface area contributed by atoms with Gasteiger partial charge in [0.15, 0.2) is 5.65 Å². The van der Waals surface area contributed by atoms with Crippen molar-refractivity contribution >= 4 is 63.4 Å². The standard InChI is InChI=1S/C39H45N15O5/c1-5-53-28(11-21(3)48-53)35(57)46-38-45-27-14-24(33(42)56)15-43-34(27)52(38)10-8-7-9-51-30-25(16-50-17-39(18-50)19-59-20-39)12-23(32(41)55)13-26(30)44-37(51)47-36(58)31-29(40)22(4)49-54(31)6-2/h7-8,11-15H,5-6,9-10,16-20,40H2,1-4H3,(H2,41,55)(H2,42,56)(H,44,47,58)(H,45,46,57)/b8-7+. The fourth-order valence-electron chi connectivity index (χ4n) is 7.85. The van der Waals surface area contributed by atoms with E-state index in [1.165, 1.54) is 16.9 Å². The van der Waals surface area contributed by atoms with Gasteiger partial charge in [-0.15, -0.1) is 0 Å². The molecular weight excluding hydrogens is 759 g/mol. The van der Waals surface area contributed by atoms with Crippen LogP contribution in [0.2, 0.25) is 0 Å². The number of fused-ring (bicyclic) bond motifs is 2. The van der Waals surface area contributed by atoms with Crippen molar-refractivity contribution in [1.82, 2.24) is 48.5 Å². The maximum atomic E-state index is 13.9. The zero-order valence-corrected chi connectivity index (χ0v) is 33.2. The Balaban J connectivity index is 1.15. The van der Waals surface area contributed by atoms with Crippen LogP contribution in [0.5, 0.6) is 0 Å². The molecule has 8 rings (SSSR count). The maximum absolute atomic E-state index is 13.9. The van der Waals surface area contributed by atoms with Crippen LogP contribution in [0.1, 0.15) is 72.5 Å². The van der Waals surface area contributed by atoms with Crippen LogP contribution in [0.3, 0.4) is 0 Å². The quantitative estimate of drug-likeness (QED) is 0.0993. The van der Waals surface area contributed by atoms with Gasteiger partial charge in [-0.1, -0.05) is 12.2 Å². The van der Waals surface area contributed by atoms with E-state index in [1.807, 2.05) is 30.6 Å². The maximum Gasteiger partial charge on any atom is 0.278 e. The van der Waals surface area contributed by atoms with Crippen molar-refractivity contribution in [3.05, 3.63) is 82.1 Å². The molecule has 6 aromatic rings. The molecule has 59 heavy (non-hydrogen) atoms. The van der Waals surface area contributed by atoms with Gasteiger partial charge in [0.2, 0.25) is 23.7 Å². The van der Waals surface area contributed by atoms with Crippen LogP contribution < -0.4 is 27.8 Å². The van der Waals surface area contributed by atoms with E-state index in [2.05, 4.69) is 35.7 Å². The number of pyridine rings is 1. The summed E-state index contributed by atoms with van der Waals surface area (Å²) < 4.78 is 12.2. The van der Waals surface area contributed by atoms with Crippen LogP contribution in [-0.4, -0.2) is 98.5 Å². The smallest absolute Gasteiger partial charge is 0.278 e. The Morgan fingerprint density at radius 2 is 1.47 bits per heavy atom. The van der Waals surface area contributed by atoms with E-state index in [-0.39, 0.29) is 47.3 Å². The molecule has 1 aromatic carbocycles. The molecule has 20 heteroatoms. The highest BCUT2D eigenvalue weighted by atomic mass is 16.5. The van der Waals surface area contributed by atoms with Gasteiger partial charge in [-0.25, -0.2) is 15.0 Å². The van der Waals surface area contributed by atoms with Gasteiger partial charge in [-0.05, 0) is 57.5 Å². The molecule has 2 fully saturated rings. The molecular formula is C39H45N15O5. The SMILES string of the molecule is CCn1nc(C)cc1C(=O)Nc1nc2cc(C(N)=O)cnc2n1C/C=C/Cn1c(NC(=O)c2c(N)c(C)nn2CC)nc2cc(C(N)=O)cc(CN3CC4(COC4)C3)c21. The second-order valence-corrected chi connectivity index (χ2v) is 15.1. The number of hydrogen-bond donors (Lipinski definition) is 5. The third kappa shape index (κ3) is 7.16. The topological polar surface area (TPSA) is 267 Å². The average molecular weight is 804 g/mol. The molecule has 0 bridgehead atoms. The Kier molecular flexibility index (Phi) is 9.96. The summed E-state index contributed by atoms with van der Waals surface area (Å²) >= 11 is 0. The van der Waals surface area contributed by atoms with Crippen LogP contribution in [0, 0.1) is 19.3 Å². The number of nitrogens with two attached hydrogens (primary N) is 3. The molecule has 0 saturated carbocycles. The number of aromatic nitrogens is 9. The van der Waals surface area contributed by atoms with Gasteiger partial charge in [-0.3, -0.25) is 48.6 Å². The molecule has 7 heterocycles. The minimum absolute atomic E-state index is 0.158. The normalized spacial score (nSPS) is 14.9. The number of anilines is 3. The number of likely N-dealkylation sites (tertiary alicyclic amines) is 1. The average Bonchev–Trinajstić information content (AvgIpc) is 3.91. The molecule has 4 amide bonds. The lowest BCUT2D eigenvalue weighted by molar-refractivity contribution is -0.191. The minimum atomic E-state index is -0.665. The Morgan fingerprint density at radius 1 is 0.831 bits per heavy atom. The number of rotatable bonds is 14. The number of hydrogen-bond acceptors (Lipinski definition) is 12. The summed E-state index contributed by atoms with van der Waals surface area (Å²) in [4.78, 5) is 68.2. The third-order valence-corrected chi connectivity index (χ3v) is 10.7. The summed E-state index contributed by atoms with van der Waals surface area (Å²) in [6.45, 7) is 12.3. The molecule has 0 aliphatic carbocycles. The van der Waals surface area contributed by atoms with Gasteiger partial charge in [0.1, 0.15) is 16.9 Å². The zero-order valence-electron chi connectivity index (χ0n) is 33.2. The third-order valence-electron chi connectivity index (χ3n) is 10.7. The second kappa shape index (κ2) is 15.1. The van der Waals surface area contributed by atoms with Crippen molar-refractivity contribution < 1.29 is 23.9 Å². The molecule has 20 nitrogen and oxygen atoms in total. The van der Waals surface area contributed by atoms with Gasteiger partial charge in [0.05, 0.1) is 46.9 Å². The monoisotopic (exact) mass is 803 g/mol. The lowest BCUT2D eigenvalue weighted by Gasteiger charge is -2.55. The predicted octanol–water partition coefficient (Wildman–Crippen LogP) is 2.20. The first-order valence-corrected chi connectivity index (χ1v) is 19.2. The molecule has 0 atom stereocenters. The number of imidazole rings is 2. The minimum Gasteiger partial charge on any atom is -0.395 e. The van der Waals surface area contributed by atoms with Gasteiger partial charge < -0.3 is 26.5 Å². The van der Waals surface area contributed by atoms with Gasteiger partial charge in [0, 0.05) is 63.0 Å². The fourth-order valence-corrected chi connectivity index (χ4v) is 7.85. The number of benzene rings is 1. The van der Waals surface area contributed by atoms with Crippen LogP contribution >= 0.6 is 0 Å². The summed E-state index contributed by atoms with van der Waals surface area (Å²) in [6.07, 6.45) is 5.10. The van der Waals surface area contributed by atoms with Crippen molar-refractivity contribution in [3.63, 3.8) is 0 Å². The number of ether oxygens (including phenoxy) is 1. The summed E-state index contributed by atoms with van der Waals surface area (Å²) in [5, 5.41) is 14.6. The number of carbonyl (C=O) groups excluding carboxylic acids is 4. The molecule has 8 N–H and O–H groups in total. The highest BCUT2D eigenvalue weighted by Gasteiger charge is 2.48. The number of allylic oxidation sites excluding steroid dienone is 2. The van der Waals surface area contributed by atoms with Gasteiger partial charge in [-0.2, -0.15) is 10.2 Å². The molecule has 306 valence electrons. The highest BCUT2D eigenvalue weighted by Crippen LogP contribution is 2.39. The first-order valence-electron chi connectivity index (χ1n) is 19.2. The van der Waals surface area contributed by atoms with E-state index in [0.717, 1.165) is 31.9 Å². The first-order chi connectivity index (χ1) is 28.3. The number of aryl methyl sites for hydroxylation is 4. The van der Waals surface area contributed by atoms with E-state index in [0.29, 0.717) is 64.5 Å². The van der Waals surface area contributed by atoms with Crippen molar-refractivity contribution in [2.75, 3.05) is 42.7 Å². The van der Waals surface area contributed by atoms with E-state index >= 15 is 0 Å². The molecule has 1 spiro atoms. The molecule has 0 unspecified atom stereocenters. The number of nitrogens with one attached hydrogen (secondary N) is 2. The Bertz CT molecular complexity index is 2710. The summed E-state index contributed by atoms with van der Waals surface area (Å²) in [5.41, 5.74) is 23.1. The lowest BCUT2D eigenvalue weighted by Crippen LogP contribution is -2.65. The van der Waals surface area contributed by atoms with Crippen LogP contribution in [-0.2, 0) is 37.5 Å². The first kappa shape index (κ1) is 38.9. The molecule has 5 aromatic heterocycles. The largest absolute Gasteiger partial charge is 0.395 e. The summed E-state index contributed by atoms with van der Waals surface area (Å²) in [7, 11) is 0. The van der Waals surface area contributed by atoms with Gasteiger partial charge >= 0.3 is 0 Å². The van der Waals surface area contributed by atoms with Crippen molar-refractivity contribution in [1.29, 1.82) is 0 Å². The second-order valence-electron chi connectivity index (χ2n) is 15.1. The lowest BCUT2D eigenvalue weighted by atomic mass is 9.78. The number of nitrogen functional groups attached to an aromatic ring is 1. The van der Waals surface area contributed by atoms with Crippen molar-refractivity contribution in [2.45, 2.75) is 60.4 Å². The van der Waals surface area contributed by atoms with E-state index < -0.39 is 23.6 Å². The fraction of sp³-hybridized carbons (Fsp3) is 0.359. The van der Waals surface area contributed by atoms with E-state index in [1.54, 1.807) is 41.3 Å². The number of carbonyl (C=O) groups is 4. The summed E-state index contributed by atoms with van der Waals surface area (Å²) in [6, 6.07) is 6.60. The number of primary amides is 2. The predicted molar refractivity (Wildman–Crippen MR) is 218 cm³/mol. The van der Waals surface area contributed by atoms with Crippen LogP contribution in [0.4, 0.5) is 17.6 Å². The van der Waals surface area contributed by atoms with Crippen LogP contribution in [0.25, 0.3) is 22.2 Å². The Labute approximate surface area is 337 Å². The Morgan fingerprint density at radius 3 is 2.14 bits per heavy atom. The number of amides is 4. The highest BCUT2D eigenvalue weighted by molar-refractivity contribution is 6.07. The van der Waals surface area contributed by atoms with Crippen molar-refractivity contribution in [2.24, 2.45) is 16.9 Å². The Hall–Kier alpha value is -6.93. The van der Waals surface area contributed by atoms with E-state index in [9.17, 15) is 19.2 Å². The molecule has 2 aliphatic rings. The summed E-state index contributed by atoms with van der Waals surface area (Å²) in [5.74, 6) is -1.77. The molecule has 2 saturated heterocycles. The molecule has 2 aliphatic heterocycles. The van der Waals surface area contributed by atoms with E-state index in [4.69, 9.17) is 26.9 Å². The molecule has 0 radical (unpaired) electrons. The number of nitrogens with zero attached hydrogens (tertiary/aromatic N) is 10. The zero-order chi connectivity index (χ0) is 41.7. The van der Waals surface area contributed by atoms with Crippen molar-refractivity contribution in [3.8, 4) is 0 Å².